The van der Waals surface area contributed by atoms with Gasteiger partial charge in [0, 0.05) is 0 Å². The number of hydrogen-bond acceptors (Lipinski definition) is 4. The van der Waals surface area contributed by atoms with Crippen molar-refractivity contribution >= 4 is 11.9 Å². The molecule has 0 amide bonds. The van der Waals surface area contributed by atoms with Crippen LogP contribution in [0.4, 0.5) is 0 Å². The molecular weight excluding hydrogens is 232 g/mol. The van der Waals surface area contributed by atoms with E-state index in [1.54, 1.807) is 6.92 Å². The van der Waals surface area contributed by atoms with Crippen LogP contribution in [0.1, 0.15) is 24.5 Å². The first kappa shape index (κ1) is 14.2. The standard InChI is InChI=1S/C14H18O4/c1-10-5-7-11(8-6-10)14(2,13(16)18-4)9-12(15)17-3/h5-8H,9H2,1-4H3/t14-/m0/s1. The largest absolute Gasteiger partial charge is 0.469 e. The highest BCUT2D eigenvalue weighted by Gasteiger charge is 2.39. The van der Waals surface area contributed by atoms with E-state index in [4.69, 9.17) is 4.74 Å². The Morgan fingerprint density at radius 2 is 1.67 bits per heavy atom. The van der Waals surface area contributed by atoms with Crippen molar-refractivity contribution in [1.29, 1.82) is 0 Å². The molecule has 0 N–H and O–H groups in total. The molecule has 0 aromatic heterocycles. The highest BCUT2D eigenvalue weighted by molar-refractivity contribution is 5.88. The molecule has 4 nitrogen and oxygen atoms in total. The molecule has 0 aliphatic rings. The van der Waals surface area contributed by atoms with E-state index < -0.39 is 17.4 Å². The second kappa shape index (κ2) is 5.67. The zero-order chi connectivity index (χ0) is 13.8. The first-order valence-corrected chi connectivity index (χ1v) is 5.66. The number of rotatable bonds is 4. The van der Waals surface area contributed by atoms with Crippen LogP contribution >= 0.6 is 0 Å². The Labute approximate surface area is 107 Å². The lowest BCUT2D eigenvalue weighted by atomic mass is 9.79. The summed E-state index contributed by atoms with van der Waals surface area (Å²) < 4.78 is 9.44. The predicted molar refractivity (Wildman–Crippen MR) is 67.2 cm³/mol. The normalized spacial score (nSPS) is 13.6. The molecular formula is C14H18O4. The molecule has 1 rings (SSSR count). The molecule has 1 aromatic rings. The second-order valence-corrected chi connectivity index (χ2v) is 4.44. The van der Waals surface area contributed by atoms with Crippen LogP contribution in [0.25, 0.3) is 0 Å². The molecule has 0 saturated carbocycles. The van der Waals surface area contributed by atoms with Gasteiger partial charge in [0.2, 0.25) is 0 Å². The molecule has 0 saturated heterocycles. The van der Waals surface area contributed by atoms with Crippen LogP contribution in [0.2, 0.25) is 0 Å². The Kier molecular flexibility index (Phi) is 4.48. The summed E-state index contributed by atoms with van der Waals surface area (Å²) in [5.74, 6) is -0.889. The van der Waals surface area contributed by atoms with Crippen molar-refractivity contribution < 1.29 is 19.1 Å². The minimum Gasteiger partial charge on any atom is -0.469 e. The number of methoxy groups -OCH3 is 2. The van der Waals surface area contributed by atoms with Crippen LogP contribution in [0.5, 0.6) is 0 Å². The highest BCUT2D eigenvalue weighted by atomic mass is 16.5. The Morgan fingerprint density at radius 1 is 1.11 bits per heavy atom. The smallest absolute Gasteiger partial charge is 0.316 e. The Hall–Kier alpha value is -1.84. The fraction of sp³-hybridized carbons (Fsp3) is 0.429. The van der Waals surface area contributed by atoms with Crippen LogP contribution in [0.15, 0.2) is 24.3 Å². The van der Waals surface area contributed by atoms with E-state index in [1.807, 2.05) is 31.2 Å². The van der Waals surface area contributed by atoms with Crippen molar-refractivity contribution in [2.24, 2.45) is 0 Å². The van der Waals surface area contributed by atoms with E-state index in [0.717, 1.165) is 11.1 Å². The molecule has 0 aliphatic heterocycles. The van der Waals surface area contributed by atoms with Gasteiger partial charge < -0.3 is 9.47 Å². The molecule has 0 spiro atoms. The van der Waals surface area contributed by atoms with Crippen LogP contribution in [0.3, 0.4) is 0 Å². The van der Waals surface area contributed by atoms with Crippen LogP contribution < -0.4 is 0 Å². The summed E-state index contributed by atoms with van der Waals surface area (Å²) in [6.07, 6.45) is -0.0424. The van der Waals surface area contributed by atoms with Gasteiger partial charge in [-0.25, -0.2) is 0 Å². The van der Waals surface area contributed by atoms with Gasteiger partial charge >= 0.3 is 11.9 Å². The maximum Gasteiger partial charge on any atom is 0.316 e. The van der Waals surface area contributed by atoms with Gasteiger partial charge in [-0.2, -0.15) is 0 Å². The van der Waals surface area contributed by atoms with Crippen molar-refractivity contribution in [1.82, 2.24) is 0 Å². The summed E-state index contributed by atoms with van der Waals surface area (Å²) in [5, 5.41) is 0. The monoisotopic (exact) mass is 250 g/mol. The lowest BCUT2D eigenvalue weighted by Crippen LogP contribution is -2.36. The molecule has 0 heterocycles. The molecule has 1 aromatic carbocycles. The fourth-order valence-electron chi connectivity index (χ4n) is 1.80. The summed E-state index contributed by atoms with van der Waals surface area (Å²) in [6.45, 7) is 3.64. The molecule has 4 heteroatoms. The molecule has 0 radical (unpaired) electrons. The SMILES string of the molecule is COC(=O)C[C@](C)(C(=O)OC)c1ccc(C)cc1. The molecule has 0 bridgehead atoms. The van der Waals surface area contributed by atoms with Gasteiger partial charge in [0.1, 0.15) is 5.41 Å². The van der Waals surface area contributed by atoms with Crippen molar-refractivity contribution in [3.05, 3.63) is 35.4 Å². The molecule has 98 valence electrons. The number of benzene rings is 1. The third-order valence-electron chi connectivity index (χ3n) is 3.05. The van der Waals surface area contributed by atoms with Gasteiger partial charge in [-0.05, 0) is 19.4 Å². The molecule has 0 fully saturated rings. The minimum atomic E-state index is -1.02. The fourth-order valence-corrected chi connectivity index (χ4v) is 1.80. The van der Waals surface area contributed by atoms with E-state index >= 15 is 0 Å². The number of carbonyl (C=O) groups excluding carboxylic acids is 2. The van der Waals surface area contributed by atoms with Crippen LogP contribution in [-0.4, -0.2) is 26.2 Å². The lowest BCUT2D eigenvalue weighted by molar-refractivity contribution is -0.153. The Bertz CT molecular complexity index is 436. The quantitative estimate of drug-likeness (QED) is 0.767. The predicted octanol–water partition coefficient (Wildman–Crippen LogP) is 1.99. The van der Waals surface area contributed by atoms with Gasteiger partial charge in [0.25, 0.3) is 0 Å². The van der Waals surface area contributed by atoms with E-state index in [9.17, 15) is 9.59 Å². The maximum absolute atomic E-state index is 11.9. The first-order valence-electron chi connectivity index (χ1n) is 5.66. The number of hydrogen-bond donors (Lipinski definition) is 0. The van der Waals surface area contributed by atoms with Crippen molar-refractivity contribution in [2.75, 3.05) is 14.2 Å². The average molecular weight is 250 g/mol. The van der Waals surface area contributed by atoms with Crippen LogP contribution in [0, 0.1) is 6.92 Å². The summed E-state index contributed by atoms with van der Waals surface area (Å²) in [7, 11) is 2.61. The van der Waals surface area contributed by atoms with E-state index in [1.165, 1.54) is 14.2 Å². The van der Waals surface area contributed by atoms with Crippen molar-refractivity contribution in [2.45, 2.75) is 25.7 Å². The van der Waals surface area contributed by atoms with Gasteiger partial charge in [-0.1, -0.05) is 29.8 Å². The zero-order valence-corrected chi connectivity index (χ0v) is 11.1. The van der Waals surface area contributed by atoms with Crippen molar-refractivity contribution in [3.63, 3.8) is 0 Å². The van der Waals surface area contributed by atoms with E-state index in [2.05, 4.69) is 4.74 Å². The summed E-state index contributed by atoms with van der Waals surface area (Å²) in [4.78, 5) is 23.4. The number of carbonyl (C=O) groups is 2. The van der Waals surface area contributed by atoms with Crippen LogP contribution in [-0.2, 0) is 24.5 Å². The lowest BCUT2D eigenvalue weighted by Gasteiger charge is -2.26. The summed E-state index contributed by atoms with van der Waals surface area (Å²) >= 11 is 0. The number of aryl methyl sites for hydroxylation is 1. The Morgan fingerprint density at radius 3 is 2.11 bits per heavy atom. The van der Waals surface area contributed by atoms with Crippen molar-refractivity contribution in [3.8, 4) is 0 Å². The maximum atomic E-state index is 11.9. The van der Waals surface area contributed by atoms with Gasteiger partial charge in [0.15, 0.2) is 0 Å². The molecule has 18 heavy (non-hydrogen) atoms. The van der Waals surface area contributed by atoms with E-state index in [-0.39, 0.29) is 6.42 Å². The molecule has 0 aliphatic carbocycles. The van der Waals surface area contributed by atoms with Gasteiger partial charge in [0.05, 0.1) is 20.6 Å². The first-order chi connectivity index (χ1) is 8.43. The minimum absolute atomic E-state index is 0.0424. The number of ether oxygens (including phenoxy) is 2. The number of esters is 2. The summed E-state index contributed by atoms with van der Waals surface area (Å²) in [5.41, 5.74) is 0.810. The van der Waals surface area contributed by atoms with E-state index in [0.29, 0.717) is 0 Å². The molecule has 0 unspecified atom stereocenters. The van der Waals surface area contributed by atoms with Gasteiger partial charge in [-0.3, -0.25) is 9.59 Å². The average Bonchev–Trinajstić information content (AvgIpc) is 2.38. The molecule has 1 atom stereocenters. The topological polar surface area (TPSA) is 52.6 Å². The third-order valence-corrected chi connectivity index (χ3v) is 3.05. The Balaban J connectivity index is 3.15. The zero-order valence-electron chi connectivity index (χ0n) is 11.1. The highest BCUT2D eigenvalue weighted by Crippen LogP contribution is 2.29. The third kappa shape index (κ3) is 2.88. The summed E-state index contributed by atoms with van der Waals surface area (Å²) in [6, 6.07) is 7.45. The second-order valence-electron chi connectivity index (χ2n) is 4.44. The van der Waals surface area contributed by atoms with Gasteiger partial charge in [-0.15, -0.1) is 0 Å².